The number of methoxy groups -OCH3 is 1. The number of hydrogen-bond donors (Lipinski definition) is 2. The van der Waals surface area contributed by atoms with Crippen molar-refractivity contribution in [2.45, 2.75) is 58.5 Å². The standard InChI is InChI=1S/C17H34N4O2.HI/c1-5-18-16(20-14-17(2,3)23-4)19-11-9-13-21-12-8-6-7-10-15(21)22;/h5-14H2,1-4H3,(H2,18,19,20);1H. The van der Waals surface area contributed by atoms with E-state index in [2.05, 4.69) is 22.5 Å². The Balaban J connectivity index is 0.00000529. The highest BCUT2D eigenvalue weighted by molar-refractivity contribution is 14.0. The molecule has 0 aromatic carbocycles. The molecule has 0 unspecified atom stereocenters. The summed E-state index contributed by atoms with van der Waals surface area (Å²) >= 11 is 0. The van der Waals surface area contributed by atoms with Gasteiger partial charge in [0.05, 0.1) is 12.1 Å². The molecule has 1 aliphatic rings. The summed E-state index contributed by atoms with van der Waals surface area (Å²) in [6, 6.07) is 0. The lowest BCUT2D eigenvalue weighted by Gasteiger charge is -2.22. The lowest BCUT2D eigenvalue weighted by Crippen LogP contribution is -2.40. The summed E-state index contributed by atoms with van der Waals surface area (Å²) in [5, 5.41) is 6.57. The van der Waals surface area contributed by atoms with Gasteiger partial charge in [-0.2, -0.15) is 0 Å². The van der Waals surface area contributed by atoms with Gasteiger partial charge in [-0.05, 0) is 40.0 Å². The normalized spacial score (nSPS) is 16.4. The zero-order valence-electron chi connectivity index (χ0n) is 15.7. The second kappa shape index (κ2) is 12.7. The number of carbonyl (C=O) groups is 1. The second-order valence-corrected chi connectivity index (χ2v) is 6.63. The minimum atomic E-state index is -0.263. The van der Waals surface area contributed by atoms with E-state index in [1.165, 1.54) is 6.42 Å². The molecule has 1 aliphatic heterocycles. The first-order chi connectivity index (χ1) is 11.0. The molecule has 0 radical (unpaired) electrons. The molecule has 0 saturated carbocycles. The summed E-state index contributed by atoms with van der Waals surface area (Å²) in [5.74, 6) is 1.12. The Morgan fingerprint density at radius 1 is 1.29 bits per heavy atom. The molecule has 0 spiro atoms. The largest absolute Gasteiger partial charge is 0.377 e. The molecule has 6 nitrogen and oxygen atoms in total. The maximum absolute atomic E-state index is 11.9. The molecule has 1 fully saturated rings. The Kier molecular flexibility index (Phi) is 12.4. The first-order valence-electron chi connectivity index (χ1n) is 8.83. The molecule has 24 heavy (non-hydrogen) atoms. The number of likely N-dealkylation sites (tertiary alicyclic amines) is 1. The van der Waals surface area contributed by atoms with E-state index in [9.17, 15) is 4.79 Å². The maximum atomic E-state index is 11.9. The van der Waals surface area contributed by atoms with Crippen molar-refractivity contribution in [2.24, 2.45) is 4.99 Å². The number of ether oxygens (including phenoxy) is 1. The number of hydrogen-bond acceptors (Lipinski definition) is 3. The summed E-state index contributed by atoms with van der Waals surface area (Å²) in [6.45, 7) is 10.1. The van der Waals surface area contributed by atoms with E-state index in [0.717, 1.165) is 51.4 Å². The smallest absolute Gasteiger partial charge is 0.222 e. The predicted octanol–water partition coefficient (Wildman–Crippen LogP) is 2.38. The molecule has 1 rings (SSSR count). The number of rotatable bonds is 8. The van der Waals surface area contributed by atoms with Crippen molar-refractivity contribution in [1.29, 1.82) is 0 Å². The van der Waals surface area contributed by atoms with Crippen molar-refractivity contribution >= 4 is 35.8 Å². The summed E-state index contributed by atoms with van der Waals surface area (Å²) in [4.78, 5) is 18.5. The molecule has 142 valence electrons. The van der Waals surface area contributed by atoms with E-state index in [4.69, 9.17) is 4.74 Å². The lowest BCUT2D eigenvalue weighted by atomic mass is 10.1. The Morgan fingerprint density at radius 3 is 2.71 bits per heavy atom. The van der Waals surface area contributed by atoms with E-state index < -0.39 is 0 Å². The predicted molar refractivity (Wildman–Crippen MR) is 110 cm³/mol. The van der Waals surface area contributed by atoms with Gasteiger partial charge in [-0.25, -0.2) is 0 Å². The molecular weight excluding hydrogens is 419 g/mol. The number of halogens is 1. The van der Waals surface area contributed by atoms with Crippen LogP contribution in [0.25, 0.3) is 0 Å². The number of aliphatic imine (C=N–C) groups is 1. The van der Waals surface area contributed by atoms with E-state index in [0.29, 0.717) is 18.9 Å². The molecular formula is C17H35IN4O2. The molecule has 0 aromatic rings. The van der Waals surface area contributed by atoms with Crippen molar-refractivity contribution in [2.75, 3.05) is 39.8 Å². The van der Waals surface area contributed by atoms with Crippen LogP contribution in [0.15, 0.2) is 4.99 Å². The number of carbonyl (C=O) groups excluding carboxylic acids is 1. The van der Waals surface area contributed by atoms with Crippen molar-refractivity contribution in [3.05, 3.63) is 0 Å². The summed E-state index contributed by atoms with van der Waals surface area (Å²) in [7, 11) is 1.70. The van der Waals surface area contributed by atoms with Crippen LogP contribution < -0.4 is 10.6 Å². The molecule has 0 aromatic heterocycles. The fourth-order valence-electron chi connectivity index (χ4n) is 2.43. The van der Waals surface area contributed by atoms with Gasteiger partial charge in [0.1, 0.15) is 0 Å². The third-order valence-corrected chi connectivity index (χ3v) is 4.08. The first kappa shape index (κ1) is 23.4. The van der Waals surface area contributed by atoms with Crippen LogP contribution in [0.4, 0.5) is 0 Å². The minimum Gasteiger partial charge on any atom is -0.377 e. The fraction of sp³-hybridized carbons (Fsp3) is 0.882. The Labute approximate surface area is 164 Å². The summed E-state index contributed by atoms with van der Waals surface area (Å²) < 4.78 is 5.39. The third kappa shape index (κ3) is 9.66. The van der Waals surface area contributed by atoms with Gasteiger partial charge in [-0.15, -0.1) is 24.0 Å². The lowest BCUT2D eigenvalue weighted by molar-refractivity contribution is -0.130. The van der Waals surface area contributed by atoms with Crippen molar-refractivity contribution < 1.29 is 9.53 Å². The third-order valence-electron chi connectivity index (χ3n) is 4.08. The van der Waals surface area contributed by atoms with E-state index in [1.807, 2.05) is 18.7 Å². The quantitative estimate of drug-likeness (QED) is 0.256. The maximum Gasteiger partial charge on any atom is 0.222 e. The van der Waals surface area contributed by atoms with Crippen LogP contribution in [-0.4, -0.2) is 62.2 Å². The second-order valence-electron chi connectivity index (χ2n) is 6.63. The van der Waals surface area contributed by atoms with Crippen molar-refractivity contribution in [3.8, 4) is 0 Å². The van der Waals surface area contributed by atoms with Crippen molar-refractivity contribution in [1.82, 2.24) is 15.5 Å². The molecule has 7 heteroatoms. The molecule has 1 heterocycles. The molecule has 0 atom stereocenters. The molecule has 0 bridgehead atoms. The zero-order valence-corrected chi connectivity index (χ0v) is 18.0. The first-order valence-corrected chi connectivity index (χ1v) is 8.83. The summed E-state index contributed by atoms with van der Waals surface area (Å²) in [6.07, 6.45) is 5.00. The van der Waals surface area contributed by atoms with Gasteiger partial charge in [0, 0.05) is 39.7 Å². The minimum absolute atomic E-state index is 0. The van der Waals surface area contributed by atoms with Gasteiger partial charge >= 0.3 is 0 Å². The average molecular weight is 454 g/mol. The Bertz CT molecular complexity index is 389. The number of nitrogens with one attached hydrogen (secondary N) is 2. The molecule has 2 N–H and O–H groups in total. The van der Waals surface area contributed by atoms with Gasteiger partial charge in [-0.1, -0.05) is 6.42 Å². The fourth-order valence-corrected chi connectivity index (χ4v) is 2.43. The van der Waals surface area contributed by atoms with Crippen molar-refractivity contribution in [3.63, 3.8) is 0 Å². The van der Waals surface area contributed by atoms with Gasteiger partial charge in [0.15, 0.2) is 5.96 Å². The SMILES string of the molecule is CCNC(=NCC(C)(C)OC)NCCCN1CCCCCC1=O.I. The highest BCUT2D eigenvalue weighted by Gasteiger charge is 2.17. The van der Waals surface area contributed by atoms with Crippen LogP contribution in [-0.2, 0) is 9.53 Å². The number of nitrogens with zero attached hydrogens (tertiary/aromatic N) is 2. The van der Waals surface area contributed by atoms with Crippen LogP contribution in [0.2, 0.25) is 0 Å². The molecule has 1 saturated heterocycles. The Hall–Kier alpha value is -0.570. The average Bonchev–Trinajstić information content (AvgIpc) is 2.73. The molecule has 0 aliphatic carbocycles. The number of guanidine groups is 1. The van der Waals surface area contributed by atoms with Crippen LogP contribution in [0, 0.1) is 0 Å². The van der Waals surface area contributed by atoms with Gasteiger partial charge in [-0.3, -0.25) is 9.79 Å². The van der Waals surface area contributed by atoms with Crippen LogP contribution in [0.5, 0.6) is 0 Å². The topological polar surface area (TPSA) is 66.0 Å². The summed E-state index contributed by atoms with van der Waals surface area (Å²) in [5.41, 5.74) is -0.263. The highest BCUT2D eigenvalue weighted by atomic mass is 127. The van der Waals surface area contributed by atoms with E-state index >= 15 is 0 Å². The van der Waals surface area contributed by atoms with Crippen LogP contribution in [0.1, 0.15) is 52.9 Å². The molecule has 1 amide bonds. The highest BCUT2D eigenvalue weighted by Crippen LogP contribution is 2.11. The van der Waals surface area contributed by atoms with E-state index in [1.54, 1.807) is 7.11 Å². The zero-order chi connectivity index (χ0) is 17.1. The van der Waals surface area contributed by atoms with Crippen LogP contribution >= 0.6 is 24.0 Å². The Morgan fingerprint density at radius 2 is 2.04 bits per heavy atom. The number of amides is 1. The van der Waals surface area contributed by atoms with E-state index in [-0.39, 0.29) is 29.6 Å². The van der Waals surface area contributed by atoms with Gasteiger partial charge < -0.3 is 20.3 Å². The van der Waals surface area contributed by atoms with Crippen LogP contribution in [0.3, 0.4) is 0 Å². The van der Waals surface area contributed by atoms with Gasteiger partial charge in [0.2, 0.25) is 5.91 Å². The monoisotopic (exact) mass is 454 g/mol. The van der Waals surface area contributed by atoms with Gasteiger partial charge in [0.25, 0.3) is 0 Å².